The van der Waals surface area contributed by atoms with Crippen LogP contribution in [0.5, 0.6) is 0 Å². The van der Waals surface area contributed by atoms with Gasteiger partial charge in [-0.2, -0.15) is 0 Å². The molecule has 0 aliphatic rings. The second-order valence-corrected chi connectivity index (χ2v) is 3.83. The van der Waals surface area contributed by atoms with Gasteiger partial charge < -0.3 is 10.6 Å². The number of pyridine rings is 1. The van der Waals surface area contributed by atoms with Crippen molar-refractivity contribution < 1.29 is 4.79 Å². The molecule has 0 saturated carbocycles. The molecule has 1 aromatic rings. The SMILES string of the molecule is CNc1cc(C(=O)NC(C)C)c(Cl)cn1. The number of halogens is 1. The van der Waals surface area contributed by atoms with Crippen molar-refractivity contribution in [2.45, 2.75) is 19.9 Å². The van der Waals surface area contributed by atoms with Gasteiger partial charge in [-0.3, -0.25) is 4.79 Å². The summed E-state index contributed by atoms with van der Waals surface area (Å²) in [5, 5.41) is 5.98. The third kappa shape index (κ3) is 3.09. The van der Waals surface area contributed by atoms with Gasteiger partial charge in [0, 0.05) is 19.3 Å². The van der Waals surface area contributed by atoms with Crippen molar-refractivity contribution in [3.8, 4) is 0 Å². The Hall–Kier alpha value is -1.29. The van der Waals surface area contributed by atoms with Gasteiger partial charge in [0.2, 0.25) is 0 Å². The summed E-state index contributed by atoms with van der Waals surface area (Å²) in [5.74, 6) is 0.433. The molecule has 0 bridgehead atoms. The standard InChI is InChI=1S/C10H14ClN3O/c1-6(2)14-10(15)7-4-9(12-3)13-5-8(7)11/h4-6H,1-3H3,(H,12,13)(H,14,15). The molecule has 0 aromatic carbocycles. The molecule has 4 nitrogen and oxygen atoms in total. The number of amides is 1. The molecule has 0 atom stereocenters. The third-order valence-corrected chi connectivity index (χ3v) is 2.08. The molecule has 82 valence electrons. The Morgan fingerprint density at radius 3 is 2.73 bits per heavy atom. The van der Waals surface area contributed by atoms with Crippen LogP contribution in [0.15, 0.2) is 12.3 Å². The normalized spacial score (nSPS) is 10.2. The molecule has 0 fully saturated rings. The van der Waals surface area contributed by atoms with Gasteiger partial charge in [0.05, 0.1) is 10.6 Å². The first kappa shape index (κ1) is 11.8. The fraction of sp³-hybridized carbons (Fsp3) is 0.400. The van der Waals surface area contributed by atoms with E-state index in [4.69, 9.17) is 11.6 Å². The van der Waals surface area contributed by atoms with Crippen molar-refractivity contribution in [3.05, 3.63) is 22.8 Å². The van der Waals surface area contributed by atoms with Crippen molar-refractivity contribution in [1.29, 1.82) is 0 Å². The Morgan fingerprint density at radius 2 is 2.20 bits per heavy atom. The van der Waals surface area contributed by atoms with Crippen LogP contribution in [0, 0.1) is 0 Å². The van der Waals surface area contributed by atoms with E-state index in [9.17, 15) is 4.79 Å². The molecule has 15 heavy (non-hydrogen) atoms. The molecule has 1 aromatic heterocycles. The van der Waals surface area contributed by atoms with Gasteiger partial charge >= 0.3 is 0 Å². The summed E-state index contributed by atoms with van der Waals surface area (Å²) in [6.45, 7) is 3.79. The number of carbonyl (C=O) groups excluding carboxylic acids is 1. The second kappa shape index (κ2) is 4.98. The third-order valence-electron chi connectivity index (χ3n) is 1.78. The predicted molar refractivity (Wildman–Crippen MR) is 61.4 cm³/mol. The molecule has 1 rings (SSSR count). The fourth-order valence-corrected chi connectivity index (χ4v) is 1.28. The zero-order valence-corrected chi connectivity index (χ0v) is 9.72. The molecule has 0 spiro atoms. The number of nitrogens with zero attached hydrogens (tertiary/aromatic N) is 1. The highest BCUT2D eigenvalue weighted by Crippen LogP contribution is 2.17. The van der Waals surface area contributed by atoms with Crippen molar-refractivity contribution >= 4 is 23.3 Å². The molecule has 0 radical (unpaired) electrons. The summed E-state index contributed by atoms with van der Waals surface area (Å²) in [7, 11) is 1.74. The fourth-order valence-electron chi connectivity index (χ4n) is 1.09. The van der Waals surface area contributed by atoms with Crippen LogP contribution in [0.1, 0.15) is 24.2 Å². The minimum Gasteiger partial charge on any atom is -0.373 e. The number of anilines is 1. The molecule has 5 heteroatoms. The molecule has 0 unspecified atom stereocenters. The average molecular weight is 228 g/mol. The van der Waals surface area contributed by atoms with Crippen LogP contribution in [0.3, 0.4) is 0 Å². The first-order valence-corrected chi connectivity index (χ1v) is 5.06. The van der Waals surface area contributed by atoms with Crippen LogP contribution in [0.25, 0.3) is 0 Å². The number of carbonyl (C=O) groups is 1. The van der Waals surface area contributed by atoms with Gasteiger partial charge in [-0.1, -0.05) is 11.6 Å². The summed E-state index contributed by atoms with van der Waals surface area (Å²) in [6.07, 6.45) is 1.46. The minimum absolute atomic E-state index is 0.0831. The van der Waals surface area contributed by atoms with Crippen molar-refractivity contribution in [1.82, 2.24) is 10.3 Å². The lowest BCUT2D eigenvalue weighted by molar-refractivity contribution is 0.0943. The van der Waals surface area contributed by atoms with E-state index >= 15 is 0 Å². The maximum atomic E-state index is 11.7. The van der Waals surface area contributed by atoms with Crippen LogP contribution < -0.4 is 10.6 Å². The Kier molecular flexibility index (Phi) is 3.91. The van der Waals surface area contributed by atoms with Gasteiger partial charge in [0.25, 0.3) is 5.91 Å². The highest BCUT2D eigenvalue weighted by molar-refractivity contribution is 6.33. The topological polar surface area (TPSA) is 54.0 Å². The molecule has 0 saturated heterocycles. The van der Waals surface area contributed by atoms with E-state index in [2.05, 4.69) is 15.6 Å². The molecular weight excluding hydrogens is 214 g/mol. The predicted octanol–water partition coefficient (Wildman–Crippen LogP) is 1.91. The summed E-state index contributed by atoms with van der Waals surface area (Å²) in [6, 6.07) is 1.71. The molecule has 0 aliphatic heterocycles. The van der Waals surface area contributed by atoms with Gasteiger partial charge in [-0.15, -0.1) is 0 Å². The number of aromatic nitrogens is 1. The molecule has 1 amide bonds. The molecule has 2 N–H and O–H groups in total. The molecular formula is C10H14ClN3O. The summed E-state index contributed by atoms with van der Waals surface area (Å²) >= 11 is 5.88. The number of nitrogens with one attached hydrogen (secondary N) is 2. The Morgan fingerprint density at radius 1 is 1.53 bits per heavy atom. The molecule has 1 heterocycles. The monoisotopic (exact) mass is 227 g/mol. The van der Waals surface area contributed by atoms with E-state index in [0.717, 1.165) is 0 Å². The average Bonchev–Trinajstić information content (AvgIpc) is 2.17. The van der Waals surface area contributed by atoms with Crippen molar-refractivity contribution in [2.75, 3.05) is 12.4 Å². The maximum Gasteiger partial charge on any atom is 0.253 e. The van der Waals surface area contributed by atoms with Crippen molar-refractivity contribution in [3.63, 3.8) is 0 Å². The van der Waals surface area contributed by atoms with E-state index in [1.807, 2.05) is 13.8 Å². The second-order valence-electron chi connectivity index (χ2n) is 3.43. The Labute approximate surface area is 94.0 Å². The number of hydrogen-bond acceptors (Lipinski definition) is 3. The zero-order valence-electron chi connectivity index (χ0n) is 8.97. The molecule has 0 aliphatic carbocycles. The summed E-state index contributed by atoms with van der Waals surface area (Å²) in [5.41, 5.74) is 0.435. The lowest BCUT2D eigenvalue weighted by Gasteiger charge is -2.10. The Bertz CT molecular complexity index is 366. The van der Waals surface area contributed by atoms with Gasteiger partial charge in [0.1, 0.15) is 5.82 Å². The summed E-state index contributed by atoms with van der Waals surface area (Å²) < 4.78 is 0. The Balaban J connectivity index is 2.96. The quantitative estimate of drug-likeness (QED) is 0.830. The van der Waals surface area contributed by atoms with E-state index in [0.29, 0.717) is 16.4 Å². The van der Waals surface area contributed by atoms with Crippen molar-refractivity contribution in [2.24, 2.45) is 0 Å². The first-order valence-electron chi connectivity index (χ1n) is 4.68. The van der Waals surface area contributed by atoms with Crippen LogP contribution >= 0.6 is 11.6 Å². The van der Waals surface area contributed by atoms with E-state index in [1.165, 1.54) is 6.20 Å². The lowest BCUT2D eigenvalue weighted by Crippen LogP contribution is -2.30. The van der Waals surface area contributed by atoms with Gasteiger partial charge in [-0.25, -0.2) is 4.98 Å². The zero-order chi connectivity index (χ0) is 11.4. The van der Waals surface area contributed by atoms with E-state index in [1.54, 1.807) is 13.1 Å². The highest BCUT2D eigenvalue weighted by Gasteiger charge is 2.12. The first-order chi connectivity index (χ1) is 7.04. The van der Waals surface area contributed by atoms with Gasteiger partial charge in [-0.05, 0) is 19.9 Å². The smallest absolute Gasteiger partial charge is 0.253 e. The van der Waals surface area contributed by atoms with Crippen LogP contribution in [0.2, 0.25) is 5.02 Å². The van der Waals surface area contributed by atoms with Crippen LogP contribution in [-0.4, -0.2) is 24.0 Å². The van der Waals surface area contributed by atoms with Crippen LogP contribution in [0.4, 0.5) is 5.82 Å². The largest absolute Gasteiger partial charge is 0.373 e. The number of hydrogen-bond donors (Lipinski definition) is 2. The van der Waals surface area contributed by atoms with E-state index < -0.39 is 0 Å². The lowest BCUT2D eigenvalue weighted by atomic mass is 10.2. The van der Waals surface area contributed by atoms with Gasteiger partial charge in [0.15, 0.2) is 0 Å². The van der Waals surface area contributed by atoms with E-state index in [-0.39, 0.29) is 11.9 Å². The summed E-state index contributed by atoms with van der Waals surface area (Å²) in [4.78, 5) is 15.7. The maximum absolute atomic E-state index is 11.7. The highest BCUT2D eigenvalue weighted by atomic mass is 35.5. The number of rotatable bonds is 3. The van der Waals surface area contributed by atoms with Crippen LogP contribution in [-0.2, 0) is 0 Å². The minimum atomic E-state index is -0.186.